The quantitative estimate of drug-likeness (QED) is 0.416. The van der Waals surface area contributed by atoms with Gasteiger partial charge in [-0.15, -0.1) is 0 Å². The molecule has 0 bridgehead atoms. The third-order valence-electron chi connectivity index (χ3n) is 6.72. The van der Waals surface area contributed by atoms with Crippen LogP contribution in [-0.4, -0.2) is 72.3 Å². The van der Waals surface area contributed by atoms with Gasteiger partial charge < -0.3 is 24.2 Å². The first kappa shape index (κ1) is 23.7. The molecule has 1 aromatic heterocycles. The predicted molar refractivity (Wildman–Crippen MR) is 117 cm³/mol. The van der Waals surface area contributed by atoms with Crippen LogP contribution >= 0.6 is 0 Å². The Morgan fingerprint density at radius 1 is 1.09 bits per heavy atom. The van der Waals surface area contributed by atoms with E-state index in [2.05, 4.69) is 15.5 Å². The SMILES string of the molecule is O=C(NCC(C(=O)N1CCOCC1)C1CCCCC1)OCCCC(=O)c1noc(C2CC2)n1. The van der Waals surface area contributed by atoms with Crippen molar-refractivity contribution in [3.05, 3.63) is 11.7 Å². The highest BCUT2D eigenvalue weighted by molar-refractivity contribution is 5.92. The summed E-state index contributed by atoms with van der Waals surface area (Å²) in [6.07, 6.45) is 7.52. The molecule has 10 heteroatoms. The van der Waals surface area contributed by atoms with Gasteiger partial charge in [0, 0.05) is 32.0 Å². The van der Waals surface area contributed by atoms with Crippen molar-refractivity contribution in [1.29, 1.82) is 0 Å². The summed E-state index contributed by atoms with van der Waals surface area (Å²) in [6, 6.07) is 0. The first-order valence-electron chi connectivity index (χ1n) is 12.3. The zero-order valence-corrected chi connectivity index (χ0v) is 19.1. The van der Waals surface area contributed by atoms with Crippen LogP contribution in [0.25, 0.3) is 0 Å². The molecule has 1 unspecified atom stereocenters. The molecule has 182 valence electrons. The normalized spacial score (nSPS) is 20.3. The fraction of sp³-hybridized carbons (Fsp3) is 0.783. The number of alkyl carbamates (subject to hydrolysis) is 1. The topological polar surface area (TPSA) is 124 Å². The summed E-state index contributed by atoms with van der Waals surface area (Å²) in [7, 11) is 0. The number of Topliss-reactive ketones (excluding diaryl/α,β-unsaturated/α-hetero) is 1. The molecule has 2 amide bonds. The Hall–Kier alpha value is -2.49. The van der Waals surface area contributed by atoms with Crippen LogP contribution in [0.3, 0.4) is 0 Å². The van der Waals surface area contributed by atoms with Gasteiger partial charge in [-0.2, -0.15) is 4.98 Å². The lowest BCUT2D eigenvalue weighted by molar-refractivity contribution is -0.141. The third-order valence-corrected chi connectivity index (χ3v) is 6.72. The Bertz CT molecular complexity index is 812. The van der Waals surface area contributed by atoms with Crippen molar-refractivity contribution in [3.63, 3.8) is 0 Å². The van der Waals surface area contributed by atoms with Gasteiger partial charge >= 0.3 is 6.09 Å². The van der Waals surface area contributed by atoms with E-state index in [4.69, 9.17) is 14.0 Å². The number of hydrogen-bond acceptors (Lipinski definition) is 8. The number of hydrogen-bond donors (Lipinski definition) is 1. The molecule has 3 fully saturated rings. The second-order valence-corrected chi connectivity index (χ2v) is 9.22. The summed E-state index contributed by atoms with van der Waals surface area (Å²) < 4.78 is 15.7. The van der Waals surface area contributed by atoms with Crippen LogP contribution in [0.4, 0.5) is 4.79 Å². The van der Waals surface area contributed by atoms with Gasteiger partial charge in [-0.25, -0.2) is 4.79 Å². The van der Waals surface area contributed by atoms with Crippen LogP contribution in [0.2, 0.25) is 0 Å². The van der Waals surface area contributed by atoms with Gasteiger partial charge in [0.1, 0.15) is 0 Å². The number of rotatable bonds is 10. The number of carbonyl (C=O) groups excluding carboxylic acids is 3. The van der Waals surface area contributed by atoms with Crippen LogP contribution in [0.5, 0.6) is 0 Å². The molecule has 10 nitrogen and oxygen atoms in total. The molecular formula is C23H34N4O6. The van der Waals surface area contributed by atoms with E-state index >= 15 is 0 Å². The van der Waals surface area contributed by atoms with Gasteiger partial charge in [0.05, 0.1) is 25.7 Å². The Morgan fingerprint density at radius 3 is 2.58 bits per heavy atom. The van der Waals surface area contributed by atoms with E-state index in [-0.39, 0.29) is 48.9 Å². The van der Waals surface area contributed by atoms with Gasteiger partial charge in [-0.1, -0.05) is 24.4 Å². The molecule has 0 aromatic carbocycles. The number of ketones is 1. The molecule has 1 saturated heterocycles. The maximum Gasteiger partial charge on any atom is 0.407 e. The summed E-state index contributed by atoms with van der Waals surface area (Å²) in [5.74, 6) is 0.855. The van der Waals surface area contributed by atoms with Crippen molar-refractivity contribution in [2.45, 2.75) is 63.7 Å². The average molecular weight is 463 g/mol. The first-order valence-corrected chi connectivity index (χ1v) is 12.3. The van der Waals surface area contributed by atoms with Gasteiger partial charge in [0.2, 0.25) is 23.4 Å². The molecule has 1 atom stereocenters. The van der Waals surface area contributed by atoms with Crippen molar-refractivity contribution >= 4 is 17.8 Å². The zero-order valence-electron chi connectivity index (χ0n) is 19.1. The van der Waals surface area contributed by atoms with E-state index in [1.165, 1.54) is 6.42 Å². The van der Waals surface area contributed by atoms with E-state index in [0.717, 1.165) is 38.5 Å². The summed E-state index contributed by atoms with van der Waals surface area (Å²) in [4.78, 5) is 43.5. The van der Waals surface area contributed by atoms with E-state index in [1.54, 1.807) is 0 Å². The predicted octanol–water partition coefficient (Wildman–Crippen LogP) is 2.69. The van der Waals surface area contributed by atoms with E-state index in [0.29, 0.717) is 44.5 Å². The Kier molecular flexibility index (Phi) is 8.30. The Morgan fingerprint density at radius 2 is 1.85 bits per heavy atom. The van der Waals surface area contributed by atoms with Gasteiger partial charge in [0.15, 0.2) is 0 Å². The fourth-order valence-corrected chi connectivity index (χ4v) is 4.61. The molecule has 2 saturated carbocycles. The van der Waals surface area contributed by atoms with Crippen LogP contribution in [0.15, 0.2) is 4.52 Å². The van der Waals surface area contributed by atoms with Crippen molar-refractivity contribution in [3.8, 4) is 0 Å². The maximum atomic E-state index is 13.1. The number of amides is 2. The molecule has 0 radical (unpaired) electrons. The third kappa shape index (κ3) is 6.75. The lowest BCUT2D eigenvalue weighted by Gasteiger charge is -2.35. The summed E-state index contributed by atoms with van der Waals surface area (Å²) in [5, 5.41) is 6.52. The highest BCUT2D eigenvalue weighted by atomic mass is 16.5. The van der Waals surface area contributed by atoms with Crippen LogP contribution in [0, 0.1) is 11.8 Å². The van der Waals surface area contributed by atoms with Gasteiger partial charge in [-0.3, -0.25) is 9.59 Å². The molecule has 4 rings (SSSR count). The van der Waals surface area contributed by atoms with Crippen molar-refractivity contribution < 1.29 is 28.4 Å². The first-order chi connectivity index (χ1) is 16.1. The number of nitrogens with one attached hydrogen (secondary N) is 1. The monoisotopic (exact) mass is 462 g/mol. The van der Waals surface area contributed by atoms with Crippen molar-refractivity contribution in [2.75, 3.05) is 39.5 Å². The number of ether oxygens (including phenoxy) is 2. The molecule has 1 N–H and O–H groups in total. The van der Waals surface area contributed by atoms with Gasteiger partial charge in [0.25, 0.3) is 0 Å². The minimum atomic E-state index is -0.561. The van der Waals surface area contributed by atoms with Crippen molar-refractivity contribution in [2.24, 2.45) is 11.8 Å². The summed E-state index contributed by atoms with van der Waals surface area (Å²) in [5.41, 5.74) is 0. The van der Waals surface area contributed by atoms with E-state index in [9.17, 15) is 14.4 Å². The minimum Gasteiger partial charge on any atom is -0.450 e. The summed E-state index contributed by atoms with van der Waals surface area (Å²) in [6.45, 7) is 2.69. The fourth-order valence-electron chi connectivity index (χ4n) is 4.61. The van der Waals surface area contributed by atoms with Crippen LogP contribution < -0.4 is 5.32 Å². The molecule has 1 aromatic rings. The smallest absolute Gasteiger partial charge is 0.407 e. The number of aromatic nitrogens is 2. The van der Waals surface area contributed by atoms with E-state index < -0.39 is 6.09 Å². The van der Waals surface area contributed by atoms with Crippen LogP contribution in [0.1, 0.15) is 80.2 Å². The Labute approximate surface area is 193 Å². The molecule has 3 aliphatic rings. The van der Waals surface area contributed by atoms with Gasteiger partial charge in [-0.05, 0) is 38.0 Å². The minimum absolute atomic E-state index is 0.0956. The largest absolute Gasteiger partial charge is 0.450 e. The van der Waals surface area contributed by atoms with Crippen molar-refractivity contribution in [1.82, 2.24) is 20.4 Å². The molecule has 0 spiro atoms. The molecular weight excluding hydrogens is 428 g/mol. The average Bonchev–Trinajstić information content (AvgIpc) is 3.59. The molecule has 33 heavy (non-hydrogen) atoms. The van der Waals surface area contributed by atoms with Crippen LogP contribution in [-0.2, 0) is 14.3 Å². The highest BCUT2D eigenvalue weighted by Gasteiger charge is 2.34. The maximum absolute atomic E-state index is 13.1. The Balaban J connectivity index is 1.18. The highest BCUT2D eigenvalue weighted by Crippen LogP contribution is 2.38. The lowest BCUT2D eigenvalue weighted by Crippen LogP contribution is -2.49. The summed E-state index contributed by atoms with van der Waals surface area (Å²) >= 11 is 0. The zero-order chi connectivity index (χ0) is 23.0. The second kappa shape index (κ2) is 11.6. The number of nitrogens with zero attached hydrogens (tertiary/aromatic N) is 3. The molecule has 2 aliphatic carbocycles. The molecule has 1 aliphatic heterocycles. The molecule has 2 heterocycles. The second-order valence-electron chi connectivity index (χ2n) is 9.22. The number of morpholine rings is 1. The lowest BCUT2D eigenvalue weighted by atomic mass is 9.79. The number of carbonyl (C=O) groups is 3. The van der Waals surface area contributed by atoms with E-state index in [1.807, 2.05) is 4.90 Å². The standard InChI is InChI=1S/C23H34N4O6/c28-19(20-25-21(33-26-20)17-8-9-17)7-4-12-32-23(30)24-15-18(16-5-2-1-3-6-16)22(29)27-10-13-31-14-11-27/h16-18H,1-15H2,(H,24,30).